The molecular formula is C17H28ClF2N5O. The number of piperazine rings is 1. The maximum atomic E-state index is 12.8. The minimum atomic E-state index is -2.34. The van der Waals surface area contributed by atoms with Gasteiger partial charge in [-0.3, -0.25) is 14.4 Å². The van der Waals surface area contributed by atoms with E-state index in [-0.39, 0.29) is 30.9 Å². The smallest absolute Gasteiger partial charge is 0.274 e. The van der Waals surface area contributed by atoms with Crippen molar-refractivity contribution in [2.45, 2.75) is 44.7 Å². The van der Waals surface area contributed by atoms with Crippen molar-refractivity contribution in [2.75, 3.05) is 39.3 Å². The first-order valence-electron chi connectivity index (χ1n) is 9.15. The number of nitrogens with one attached hydrogen (secondary N) is 1. The summed E-state index contributed by atoms with van der Waals surface area (Å²) in [6.45, 7) is 5.11. The molecule has 1 aromatic heterocycles. The first kappa shape index (κ1) is 21.1. The molecule has 3 heterocycles. The first-order valence-corrected chi connectivity index (χ1v) is 9.15. The third-order valence-electron chi connectivity index (χ3n) is 5.21. The lowest BCUT2D eigenvalue weighted by Crippen LogP contribution is -2.55. The van der Waals surface area contributed by atoms with Crippen LogP contribution in [0.15, 0.2) is 12.3 Å². The topological polar surface area (TPSA) is 53.4 Å². The van der Waals surface area contributed by atoms with E-state index >= 15 is 0 Å². The second kappa shape index (κ2) is 9.62. The lowest BCUT2D eigenvalue weighted by atomic mass is 10.1. The highest BCUT2D eigenvalue weighted by Gasteiger charge is 2.31. The number of hydrogen-bond acceptors (Lipinski definition) is 4. The fraction of sp³-hybridized carbons (Fsp3) is 0.765. The van der Waals surface area contributed by atoms with Gasteiger partial charge in [-0.15, -0.1) is 12.4 Å². The summed E-state index contributed by atoms with van der Waals surface area (Å²) in [4.78, 5) is 16.3. The summed E-state index contributed by atoms with van der Waals surface area (Å²) in [6.07, 6.45) is 2.45. The molecule has 0 spiro atoms. The van der Waals surface area contributed by atoms with Crippen LogP contribution < -0.4 is 5.32 Å². The van der Waals surface area contributed by atoms with Crippen molar-refractivity contribution in [3.8, 4) is 0 Å². The van der Waals surface area contributed by atoms with E-state index in [2.05, 4.69) is 10.4 Å². The van der Waals surface area contributed by atoms with Crippen molar-refractivity contribution in [1.29, 1.82) is 0 Å². The molecule has 0 saturated carbocycles. The first-order chi connectivity index (χ1) is 12.1. The zero-order valence-electron chi connectivity index (χ0n) is 15.1. The average molecular weight is 392 g/mol. The van der Waals surface area contributed by atoms with Crippen LogP contribution in [0.5, 0.6) is 0 Å². The van der Waals surface area contributed by atoms with E-state index in [4.69, 9.17) is 0 Å². The Kier molecular flexibility index (Phi) is 7.79. The van der Waals surface area contributed by atoms with E-state index in [1.165, 1.54) is 0 Å². The van der Waals surface area contributed by atoms with E-state index in [1.54, 1.807) is 15.9 Å². The third-order valence-corrected chi connectivity index (χ3v) is 5.21. The lowest BCUT2D eigenvalue weighted by molar-refractivity contribution is 0.0183. The Labute approximate surface area is 159 Å². The number of carbonyl (C=O) groups excluding carboxylic acids is 1. The van der Waals surface area contributed by atoms with Crippen LogP contribution in [0.3, 0.4) is 0 Å². The van der Waals surface area contributed by atoms with E-state index in [0.717, 1.165) is 32.4 Å². The minimum Gasteiger partial charge on any atom is -0.334 e. The Morgan fingerprint density at radius 1 is 1.42 bits per heavy atom. The zero-order chi connectivity index (χ0) is 17.8. The summed E-state index contributed by atoms with van der Waals surface area (Å²) in [7, 11) is 0. The standard InChI is InChI=1S/C17H27F2N5O.ClH/c1-2-13-11-23(9-8-22(13)12-16(18)19)17(25)15-5-7-24(21-15)14-4-3-6-20-10-14;/h5,7,13-14,16,20H,2-4,6,8-12H2,1H3;1H. The number of carbonyl (C=O) groups is 1. The van der Waals surface area contributed by atoms with E-state index in [0.29, 0.717) is 31.4 Å². The normalized spacial score (nSPS) is 24.5. The van der Waals surface area contributed by atoms with Crippen molar-refractivity contribution in [1.82, 2.24) is 24.9 Å². The SMILES string of the molecule is CCC1CN(C(=O)c2ccn(C3CCCNC3)n2)CCN1CC(F)F.Cl. The molecule has 1 aromatic rings. The van der Waals surface area contributed by atoms with Gasteiger partial charge in [-0.2, -0.15) is 5.10 Å². The predicted octanol–water partition coefficient (Wildman–Crippen LogP) is 2.03. The average Bonchev–Trinajstić information content (AvgIpc) is 3.12. The van der Waals surface area contributed by atoms with Crippen molar-refractivity contribution in [3.05, 3.63) is 18.0 Å². The molecule has 2 unspecified atom stereocenters. The van der Waals surface area contributed by atoms with Crippen LogP contribution in [0.1, 0.15) is 42.7 Å². The molecule has 2 fully saturated rings. The molecule has 2 aliphatic heterocycles. The van der Waals surface area contributed by atoms with Gasteiger partial charge >= 0.3 is 0 Å². The summed E-state index contributed by atoms with van der Waals surface area (Å²) in [5.74, 6) is -0.0994. The van der Waals surface area contributed by atoms with E-state index < -0.39 is 6.43 Å². The van der Waals surface area contributed by atoms with Gasteiger partial charge in [0.1, 0.15) is 5.69 Å². The quantitative estimate of drug-likeness (QED) is 0.834. The molecule has 0 bridgehead atoms. The summed E-state index contributed by atoms with van der Waals surface area (Å²) in [6, 6.07) is 2.04. The number of nitrogens with zero attached hydrogens (tertiary/aromatic N) is 4. The fourth-order valence-corrected chi connectivity index (χ4v) is 3.76. The molecule has 3 rings (SSSR count). The van der Waals surface area contributed by atoms with Gasteiger partial charge in [-0.05, 0) is 31.9 Å². The molecule has 2 aliphatic rings. The van der Waals surface area contributed by atoms with Crippen molar-refractivity contribution < 1.29 is 13.6 Å². The number of halogens is 3. The Morgan fingerprint density at radius 2 is 2.23 bits per heavy atom. The molecule has 0 aromatic carbocycles. The van der Waals surface area contributed by atoms with Gasteiger partial charge in [0.2, 0.25) is 0 Å². The van der Waals surface area contributed by atoms with Crippen molar-refractivity contribution >= 4 is 18.3 Å². The van der Waals surface area contributed by atoms with Gasteiger partial charge in [0.05, 0.1) is 12.6 Å². The Hall–Kier alpha value is -1.25. The molecule has 26 heavy (non-hydrogen) atoms. The van der Waals surface area contributed by atoms with Gasteiger partial charge in [0.15, 0.2) is 0 Å². The Bertz CT molecular complexity index is 579. The number of rotatable bonds is 5. The largest absolute Gasteiger partial charge is 0.334 e. The maximum absolute atomic E-state index is 12.8. The molecule has 2 saturated heterocycles. The lowest BCUT2D eigenvalue weighted by Gasteiger charge is -2.40. The highest BCUT2D eigenvalue weighted by Crippen LogP contribution is 2.19. The molecule has 6 nitrogen and oxygen atoms in total. The number of hydrogen-bond donors (Lipinski definition) is 1. The summed E-state index contributed by atoms with van der Waals surface area (Å²) in [5.41, 5.74) is 0.447. The van der Waals surface area contributed by atoms with Gasteiger partial charge in [0.25, 0.3) is 12.3 Å². The highest BCUT2D eigenvalue weighted by molar-refractivity contribution is 5.92. The summed E-state index contributed by atoms with van der Waals surface area (Å²) in [5, 5.41) is 7.83. The second-order valence-corrected chi connectivity index (χ2v) is 6.88. The number of aromatic nitrogens is 2. The molecule has 1 amide bonds. The van der Waals surface area contributed by atoms with Crippen LogP contribution in [-0.4, -0.2) is 77.2 Å². The van der Waals surface area contributed by atoms with E-state index in [1.807, 2.05) is 17.8 Å². The summed E-state index contributed by atoms with van der Waals surface area (Å²) >= 11 is 0. The highest BCUT2D eigenvalue weighted by atomic mass is 35.5. The summed E-state index contributed by atoms with van der Waals surface area (Å²) < 4.78 is 27.3. The molecule has 9 heteroatoms. The second-order valence-electron chi connectivity index (χ2n) is 6.88. The zero-order valence-corrected chi connectivity index (χ0v) is 15.9. The third kappa shape index (κ3) is 4.92. The van der Waals surface area contributed by atoms with Crippen LogP contribution in [0.25, 0.3) is 0 Å². The van der Waals surface area contributed by atoms with Crippen LogP contribution in [0.4, 0.5) is 8.78 Å². The molecule has 2 atom stereocenters. The van der Waals surface area contributed by atoms with Crippen LogP contribution in [0.2, 0.25) is 0 Å². The van der Waals surface area contributed by atoms with Crippen molar-refractivity contribution in [2.24, 2.45) is 0 Å². The van der Waals surface area contributed by atoms with Crippen LogP contribution in [0, 0.1) is 0 Å². The number of piperidine rings is 1. The van der Waals surface area contributed by atoms with Gasteiger partial charge in [-0.1, -0.05) is 6.92 Å². The van der Waals surface area contributed by atoms with Crippen LogP contribution >= 0.6 is 12.4 Å². The van der Waals surface area contributed by atoms with Gasteiger partial charge in [0, 0.05) is 38.4 Å². The Balaban J connectivity index is 0.00000243. The maximum Gasteiger partial charge on any atom is 0.274 e. The number of amides is 1. The van der Waals surface area contributed by atoms with Crippen LogP contribution in [-0.2, 0) is 0 Å². The number of alkyl halides is 2. The Morgan fingerprint density at radius 3 is 2.88 bits per heavy atom. The predicted molar refractivity (Wildman–Crippen MR) is 98.2 cm³/mol. The van der Waals surface area contributed by atoms with Gasteiger partial charge < -0.3 is 10.2 Å². The van der Waals surface area contributed by atoms with Gasteiger partial charge in [-0.25, -0.2) is 8.78 Å². The van der Waals surface area contributed by atoms with E-state index in [9.17, 15) is 13.6 Å². The minimum absolute atomic E-state index is 0. The monoisotopic (exact) mass is 391 g/mol. The fourth-order valence-electron chi connectivity index (χ4n) is 3.76. The molecular weight excluding hydrogens is 364 g/mol. The molecule has 148 valence electrons. The molecule has 0 radical (unpaired) electrons. The molecule has 0 aliphatic carbocycles. The van der Waals surface area contributed by atoms with Crippen molar-refractivity contribution in [3.63, 3.8) is 0 Å². The molecule has 1 N–H and O–H groups in total.